The molecule has 0 unspecified atom stereocenters. The minimum absolute atomic E-state index is 0.335. The average molecular weight is 219 g/mol. The minimum atomic E-state index is -0.384. The van der Waals surface area contributed by atoms with Gasteiger partial charge >= 0.3 is 0 Å². The summed E-state index contributed by atoms with van der Waals surface area (Å²) in [6.45, 7) is 0.335. The summed E-state index contributed by atoms with van der Waals surface area (Å²) < 4.78 is 13.2. The first-order valence-corrected chi connectivity index (χ1v) is 4.70. The molecule has 1 rings (SSSR count). The quantitative estimate of drug-likeness (QED) is 0.246. The van der Waals surface area contributed by atoms with Gasteiger partial charge in [0, 0.05) is 22.6 Å². The van der Waals surface area contributed by atoms with E-state index in [4.69, 9.17) is 5.53 Å². The largest absolute Gasteiger partial charge is 0.298 e. The highest BCUT2D eigenvalue weighted by Gasteiger charge is 1.99. The molecule has 0 amide bonds. The Balaban J connectivity index is 2.71. The van der Waals surface area contributed by atoms with Crippen LogP contribution >= 0.6 is 0 Å². The van der Waals surface area contributed by atoms with Crippen molar-refractivity contribution in [3.8, 4) is 0 Å². The van der Waals surface area contributed by atoms with Crippen LogP contribution in [0.15, 0.2) is 29.4 Å². The van der Waals surface area contributed by atoms with Gasteiger partial charge in [0.1, 0.15) is 12.1 Å². The molecule has 16 heavy (non-hydrogen) atoms. The van der Waals surface area contributed by atoms with Gasteiger partial charge in [-0.25, -0.2) is 4.39 Å². The molecule has 0 aromatic heterocycles. The van der Waals surface area contributed by atoms with E-state index in [1.54, 1.807) is 12.2 Å². The number of carbonyl (C=O) groups excluding carboxylic acids is 1. The van der Waals surface area contributed by atoms with Crippen LogP contribution in [0.3, 0.4) is 0 Å². The van der Waals surface area contributed by atoms with E-state index in [0.29, 0.717) is 30.4 Å². The van der Waals surface area contributed by atoms with Crippen LogP contribution in [0.5, 0.6) is 0 Å². The zero-order valence-corrected chi connectivity index (χ0v) is 8.51. The molecule has 0 fully saturated rings. The Labute approximate surface area is 92.0 Å². The summed E-state index contributed by atoms with van der Waals surface area (Å²) in [5.41, 5.74) is 8.81. The molecule has 0 aliphatic heterocycles. The summed E-state index contributed by atoms with van der Waals surface area (Å²) in [4.78, 5) is 13.1. The molecule has 0 bridgehead atoms. The molecule has 1 aromatic rings. The number of rotatable bonds is 5. The molecule has 0 aliphatic rings. The monoisotopic (exact) mass is 219 g/mol. The van der Waals surface area contributed by atoms with Crippen molar-refractivity contribution in [1.29, 1.82) is 0 Å². The first kappa shape index (κ1) is 11.9. The van der Waals surface area contributed by atoms with Gasteiger partial charge < -0.3 is 0 Å². The van der Waals surface area contributed by atoms with Gasteiger partial charge in [0.25, 0.3) is 0 Å². The van der Waals surface area contributed by atoms with Crippen molar-refractivity contribution in [2.24, 2.45) is 5.11 Å². The Kier molecular flexibility index (Phi) is 4.76. The number of nitrogens with zero attached hydrogens (tertiary/aromatic N) is 3. The van der Waals surface area contributed by atoms with Crippen LogP contribution in [-0.2, 0) is 0 Å². The maximum absolute atomic E-state index is 13.2. The van der Waals surface area contributed by atoms with Crippen LogP contribution in [-0.4, -0.2) is 12.8 Å². The molecule has 82 valence electrons. The van der Waals surface area contributed by atoms with Crippen LogP contribution in [0.25, 0.3) is 16.5 Å². The number of hydrogen-bond donors (Lipinski definition) is 0. The first-order valence-electron chi connectivity index (χ1n) is 4.70. The van der Waals surface area contributed by atoms with E-state index >= 15 is 0 Å². The molecule has 0 atom stereocenters. The normalized spacial score (nSPS) is 10.1. The molecule has 5 heteroatoms. The van der Waals surface area contributed by atoms with Crippen LogP contribution < -0.4 is 0 Å². The summed E-state index contributed by atoms with van der Waals surface area (Å²) in [5.74, 6) is -0.384. The van der Waals surface area contributed by atoms with Gasteiger partial charge in [-0.05, 0) is 30.2 Å². The van der Waals surface area contributed by atoms with E-state index in [2.05, 4.69) is 10.0 Å². The van der Waals surface area contributed by atoms with Crippen LogP contribution in [0.4, 0.5) is 4.39 Å². The van der Waals surface area contributed by atoms with Crippen LogP contribution in [0.2, 0.25) is 0 Å². The van der Waals surface area contributed by atoms with E-state index in [9.17, 15) is 9.18 Å². The van der Waals surface area contributed by atoms with E-state index in [-0.39, 0.29) is 5.82 Å². The molecule has 1 aromatic carbocycles. The summed E-state index contributed by atoms with van der Waals surface area (Å²) >= 11 is 0. The van der Waals surface area contributed by atoms with Gasteiger partial charge in [0.15, 0.2) is 0 Å². The number of aldehydes is 1. The summed E-state index contributed by atoms with van der Waals surface area (Å²) in [6, 6.07) is 4.13. The Morgan fingerprint density at radius 3 is 3.00 bits per heavy atom. The second-order valence-electron chi connectivity index (χ2n) is 3.04. The van der Waals surface area contributed by atoms with Crippen molar-refractivity contribution in [1.82, 2.24) is 0 Å². The maximum atomic E-state index is 13.2. The van der Waals surface area contributed by atoms with Crippen molar-refractivity contribution in [2.45, 2.75) is 6.42 Å². The second kappa shape index (κ2) is 6.37. The maximum Gasteiger partial charge on any atom is 0.150 e. The third-order valence-corrected chi connectivity index (χ3v) is 1.91. The van der Waals surface area contributed by atoms with Crippen LogP contribution in [0, 0.1) is 5.82 Å². The van der Waals surface area contributed by atoms with E-state index in [1.165, 1.54) is 18.2 Å². The molecular weight excluding hydrogens is 209 g/mol. The summed E-state index contributed by atoms with van der Waals surface area (Å²) in [7, 11) is 0. The molecule has 0 saturated heterocycles. The van der Waals surface area contributed by atoms with Crippen molar-refractivity contribution < 1.29 is 9.18 Å². The Bertz CT molecular complexity index is 451. The van der Waals surface area contributed by atoms with Gasteiger partial charge in [-0.15, -0.1) is 0 Å². The molecule has 0 spiro atoms. The van der Waals surface area contributed by atoms with Crippen molar-refractivity contribution in [3.63, 3.8) is 0 Å². The zero-order valence-electron chi connectivity index (χ0n) is 8.51. The molecule has 0 radical (unpaired) electrons. The standard InChI is InChI=1S/C11H10FN3O/c12-11-5-4-9(8-16)7-10(11)3-1-2-6-14-15-13/h1,3-5,7-8H,2,6H2. The topological polar surface area (TPSA) is 65.8 Å². The minimum Gasteiger partial charge on any atom is -0.298 e. The number of hydrogen-bond acceptors (Lipinski definition) is 2. The third-order valence-electron chi connectivity index (χ3n) is 1.91. The third kappa shape index (κ3) is 3.55. The first-order chi connectivity index (χ1) is 7.77. The molecule has 0 saturated carbocycles. The SMILES string of the molecule is [N-]=[N+]=NCCC=Cc1cc(C=O)ccc1F. The molecule has 0 heterocycles. The van der Waals surface area contributed by atoms with Gasteiger partial charge in [-0.1, -0.05) is 17.3 Å². The number of azide groups is 1. The predicted octanol–water partition coefficient (Wildman–Crippen LogP) is 3.35. The summed E-state index contributed by atoms with van der Waals surface area (Å²) in [5, 5.41) is 3.34. The van der Waals surface area contributed by atoms with Crippen molar-refractivity contribution >= 4 is 12.4 Å². The van der Waals surface area contributed by atoms with Gasteiger partial charge in [0.2, 0.25) is 0 Å². The highest BCUT2D eigenvalue weighted by molar-refractivity contribution is 5.76. The van der Waals surface area contributed by atoms with E-state index in [0.717, 1.165) is 0 Å². The van der Waals surface area contributed by atoms with Gasteiger partial charge in [-0.2, -0.15) is 0 Å². The lowest BCUT2D eigenvalue weighted by Gasteiger charge is -1.97. The highest BCUT2D eigenvalue weighted by Crippen LogP contribution is 2.11. The van der Waals surface area contributed by atoms with Gasteiger partial charge in [-0.3, -0.25) is 4.79 Å². The molecular formula is C11H10FN3O. The lowest BCUT2D eigenvalue weighted by Crippen LogP contribution is -1.86. The Morgan fingerprint density at radius 1 is 1.50 bits per heavy atom. The van der Waals surface area contributed by atoms with Crippen molar-refractivity contribution in [3.05, 3.63) is 51.7 Å². The fourth-order valence-corrected chi connectivity index (χ4v) is 1.15. The fraction of sp³-hybridized carbons (Fsp3) is 0.182. The predicted molar refractivity (Wildman–Crippen MR) is 59.5 cm³/mol. The Morgan fingerprint density at radius 2 is 2.31 bits per heavy atom. The van der Waals surface area contributed by atoms with Crippen LogP contribution in [0.1, 0.15) is 22.3 Å². The number of benzene rings is 1. The van der Waals surface area contributed by atoms with Gasteiger partial charge in [0.05, 0.1) is 0 Å². The lowest BCUT2D eigenvalue weighted by atomic mass is 10.1. The number of halogens is 1. The average Bonchev–Trinajstić information content (AvgIpc) is 2.31. The van der Waals surface area contributed by atoms with E-state index in [1.807, 2.05) is 0 Å². The molecule has 0 aliphatic carbocycles. The smallest absolute Gasteiger partial charge is 0.150 e. The highest BCUT2D eigenvalue weighted by atomic mass is 19.1. The molecule has 4 nitrogen and oxygen atoms in total. The molecule has 0 N–H and O–H groups in total. The van der Waals surface area contributed by atoms with Crippen molar-refractivity contribution in [2.75, 3.05) is 6.54 Å². The fourth-order valence-electron chi connectivity index (χ4n) is 1.15. The van der Waals surface area contributed by atoms with E-state index < -0.39 is 0 Å². The lowest BCUT2D eigenvalue weighted by molar-refractivity contribution is 0.112. The zero-order chi connectivity index (χ0) is 11.8. The summed E-state index contributed by atoms with van der Waals surface area (Å²) in [6.07, 6.45) is 4.46. The second-order valence-corrected chi connectivity index (χ2v) is 3.04. The Hall–Kier alpha value is -2.13. The number of carbonyl (C=O) groups is 1.